The van der Waals surface area contributed by atoms with Gasteiger partial charge in [0.25, 0.3) is 0 Å². The fourth-order valence-electron chi connectivity index (χ4n) is 2.25. The van der Waals surface area contributed by atoms with Crippen LogP contribution in [0.4, 0.5) is 0 Å². The molecule has 1 aliphatic rings. The van der Waals surface area contributed by atoms with Gasteiger partial charge in [-0.15, -0.1) is 11.8 Å². The maximum Gasteiger partial charge on any atom is 0.248 e. The molecule has 1 aliphatic heterocycles. The van der Waals surface area contributed by atoms with E-state index >= 15 is 0 Å². The first-order valence-corrected chi connectivity index (χ1v) is 10.7. The lowest BCUT2D eigenvalue weighted by Crippen LogP contribution is -2.43. The Bertz CT molecular complexity index is 740. The molecule has 1 saturated heterocycles. The van der Waals surface area contributed by atoms with E-state index < -0.39 is 21.7 Å². The Morgan fingerprint density at radius 1 is 1.21 bits per heavy atom. The zero-order valence-electron chi connectivity index (χ0n) is 12.6. The second kappa shape index (κ2) is 8.42. The van der Waals surface area contributed by atoms with Gasteiger partial charge >= 0.3 is 0 Å². The van der Waals surface area contributed by atoms with E-state index in [9.17, 15) is 18.0 Å². The topological polar surface area (TPSA) is 92.3 Å². The number of amides is 2. The minimum absolute atomic E-state index is 0.0253. The molecule has 0 saturated carbocycles. The van der Waals surface area contributed by atoms with E-state index in [1.807, 2.05) is 0 Å². The third kappa shape index (κ3) is 6.16. The van der Waals surface area contributed by atoms with Crippen LogP contribution in [0.5, 0.6) is 0 Å². The van der Waals surface area contributed by atoms with Gasteiger partial charge in [-0.3, -0.25) is 20.4 Å². The second-order valence-electron chi connectivity index (χ2n) is 5.43. The van der Waals surface area contributed by atoms with Crippen molar-refractivity contribution in [2.24, 2.45) is 5.92 Å². The number of sulfone groups is 1. The first kappa shape index (κ1) is 19.4. The van der Waals surface area contributed by atoms with E-state index in [2.05, 4.69) is 10.9 Å². The van der Waals surface area contributed by atoms with Gasteiger partial charge in [0.2, 0.25) is 11.8 Å². The third-order valence-electron chi connectivity index (χ3n) is 3.39. The van der Waals surface area contributed by atoms with Crippen LogP contribution in [0.15, 0.2) is 23.1 Å². The van der Waals surface area contributed by atoms with Crippen molar-refractivity contribution in [2.75, 3.05) is 17.3 Å². The van der Waals surface area contributed by atoms with Crippen molar-refractivity contribution >= 4 is 56.6 Å². The standard InChI is InChI=1S/C14H16Cl2N2O4S2/c15-10-1-2-11(16)12(6-10)23-7-14(20)18-17-13(19)5-9-3-4-24(21,22)8-9/h1-2,6,9H,3-5,7-8H2,(H,17,19)(H,18,20)/t9-/m0/s1. The molecular weight excluding hydrogens is 395 g/mol. The molecule has 0 bridgehead atoms. The van der Waals surface area contributed by atoms with Crippen molar-refractivity contribution < 1.29 is 18.0 Å². The van der Waals surface area contributed by atoms with Crippen LogP contribution in [0.25, 0.3) is 0 Å². The third-order valence-corrected chi connectivity index (χ3v) is 6.96. The summed E-state index contributed by atoms with van der Waals surface area (Å²) in [5, 5.41) is 1.01. The van der Waals surface area contributed by atoms with E-state index in [1.165, 1.54) is 11.8 Å². The Balaban J connectivity index is 1.71. The van der Waals surface area contributed by atoms with Crippen LogP contribution in [-0.4, -0.2) is 37.5 Å². The Morgan fingerprint density at radius 3 is 2.58 bits per heavy atom. The van der Waals surface area contributed by atoms with Crippen molar-refractivity contribution in [3.8, 4) is 0 Å². The fraction of sp³-hybridized carbons (Fsp3) is 0.429. The van der Waals surface area contributed by atoms with Crippen LogP contribution in [0.1, 0.15) is 12.8 Å². The summed E-state index contributed by atoms with van der Waals surface area (Å²) in [4.78, 5) is 24.1. The minimum atomic E-state index is -3.01. The Kier molecular flexibility index (Phi) is 6.79. The molecule has 0 unspecified atom stereocenters. The molecule has 0 aromatic heterocycles. The Labute approximate surface area is 154 Å². The normalized spacial score (nSPS) is 19.0. The molecule has 10 heteroatoms. The highest BCUT2D eigenvalue weighted by Crippen LogP contribution is 2.29. The molecule has 1 heterocycles. The summed E-state index contributed by atoms with van der Waals surface area (Å²) in [7, 11) is -3.01. The summed E-state index contributed by atoms with van der Waals surface area (Å²) in [6.07, 6.45) is 0.555. The molecule has 132 valence electrons. The van der Waals surface area contributed by atoms with Gasteiger partial charge in [0, 0.05) is 16.3 Å². The van der Waals surface area contributed by atoms with Gasteiger partial charge in [0.05, 0.1) is 22.3 Å². The molecule has 0 radical (unpaired) electrons. The zero-order valence-corrected chi connectivity index (χ0v) is 15.7. The summed E-state index contributed by atoms with van der Waals surface area (Å²) in [6.45, 7) is 0. The van der Waals surface area contributed by atoms with Crippen molar-refractivity contribution in [3.63, 3.8) is 0 Å². The molecule has 0 spiro atoms. The zero-order chi connectivity index (χ0) is 17.7. The number of carbonyl (C=O) groups is 2. The molecule has 0 aliphatic carbocycles. The van der Waals surface area contributed by atoms with E-state index in [4.69, 9.17) is 23.2 Å². The van der Waals surface area contributed by atoms with Gasteiger partial charge < -0.3 is 0 Å². The number of hydrazine groups is 1. The van der Waals surface area contributed by atoms with Crippen molar-refractivity contribution in [1.82, 2.24) is 10.9 Å². The molecule has 1 aromatic carbocycles. The van der Waals surface area contributed by atoms with E-state index in [1.54, 1.807) is 18.2 Å². The van der Waals surface area contributed by atoms with Crippen LogP contribution in [0.3, 0.4) is 0 Å². The average Bonchev–Trinajstić information content (AvgIpc) is 2.85. The first-order chi connectivity index (χ1) is 11.2. The van der Waals surface area contributed by atoms with Gasteiger partial charge in [-0.2, -0.15) is 0 Å². The number of carbonyl (C=O) groups excluding carboxylic acids is 2. The van der Waals surface area contributed by atoms with Crippen molar-refractivity contribution in [2.45, 2.75) is 17.7 Å². The number of halogens is 2. The van der Waals surface area contributed by atoms with Crippen LogP contribution < -0.4 is 10.9 Å². The molecule has 2 N–H and O–H groups in total. The SMILES string of the molecule is O=C(CSc1cc(Cl)ccc1Cl)NNC(=O)C[C@@H]1CCS(=O)(=O)C1. The smallest absolute Gasteiger partial charge is 0.248 e. The largest absolute Gasteiger partial charge is 0.273 e. The van der Waals surface area contributed by atoms with Gasteiger partial charge in [0.15, 0.2) is 9.84 Å². The number of hydrogen-bond donors (Lipinski definition) is 2. The first-order valence-electron chi connectivity index (χ1n) is 7.11. The predicted octanol–water partition coefficient (Wildman–Crippen LogP) is 2.06. The van der Waals surface area contributed by atoms with Gasteiger partial charge in [-0.05, 0) is 30.5 Å². The van der Waals surface area contributed by atoms with Crippen molar-refractivity contribution in [3.05, 3.63) is 28.2 Å². The van der Waals surface area contributed by atoms with Crippen LogP contribution in [0, 0.1) is 5.92 Å². The lowest BCUT2D eigenvalue weighted by atomic mass is 10.1. The van der Waals surface area contributed by atoms with Crippen molar-refractivity contribution in [1.29, 1.82) is 0 Å². The molecule has 1 aromatic rings. The summed E-state index contributed by atoms with van der Waals surface area (Å²) in [5.74, 6) is -0.796. The van der Waals surface area contributed by atoms with Gasteiger partial charge in [0.1, 0.15) is 0 Å². The summed E-state index contributed by atoms with van der Waals surface area (Å²) in [6, 6.07) is 4.94. The lowest BCUT2D eigenvalue weighted by molar-refractivity contribution is -0.128. The van der Waals surface area contributed by atoms with Crippen LogP contribution in [-0.2, 0) is 19.4 Å². The molecule has 1 atom stereocenters. The maximum absolute atomic E-state index is 11.7. The maximum atomic E-state index is 11.7. The van der Waals surface area contributed by atoms with Crippen LogP contribution >= 0.6 is 35.0 Å². The molecular formula is C14H16Cl2N2O4S2. The molecule has 1 fully saturated rings. The average molecular weight is 411 g/mol. The fourth-order valence-corrected chi connectivity index (χ4v) is 5.41. The molecule has 24 heavy (non-hydrogen) atoms. The van der Waals surface area contributed by atoms with Gasteiger partial charge in [-0.25, -0.2) is 8.42 Å². The number of nitrogens with one attached hydrogen (secondary N) is 2. The quantitative estimate of drug-likeness (QED) is 0.572. The summed E-state index contributed by atoms with van der Waals surface area (Å²) >= 11 is 13.1. The molecule has 2 amide bonds. The van der Waals surface area contributed by atoms with E-state index in [0.29, 0.717) is 21.4 Å². The number of thioether (sulfide) groups is 1. The highest BCUT2D eigenvalue weighted by atomic mass is 35.5. The highest BCUT2D eigenvalue weighted by molar-refractivity contribution is 8.00. The Hall–Kier alpha value is -0.960. The van der Waals surface area contributed by atoms with Gasteiger partial charge in [-0.1, -0.05) is 23.2 Å². The predicted molar refractivity (Wildman–Crippen MR) is 94.8 cm³/mol. The van der Waals surface area contributed by atoms with E-state index in [0.717, 1.165) is 0 Å². The molecule has 2 rings (SSSR count). The minimum Gasteiger partial charge on any atom is -0.273 e. The highest BCUT2D eigenvalue weighted by Gasteiger charge is 2.29. The number of hydrogen-bond acceptors (Lipinski definition) is 5. The second-order valence-corrected chi connectivity index (χ2v) is 9.52. The lowest BCUT2D eigenvalue weighted by Gasteiger charge is -2.10. The Morgan fingerprint density at radius 2 is 1.92 bits per heavy atom. The van der Waals surface area contributed by atoms with E-state index in [-0.39, 0.29) is 29.6 Å². The monoisotopic (exact) mass is 410 g/mol. The van der Waals surface area contributed by atoms with Crippen LogP contribution in [0.2, 0.25) is 10.0 Å². The summed E-state index contributed by atoms with van der Waals surface area (Å²) < 4.78 is 22.7. The summed E-state index contributed by atoms with van der Waals surface area (Å²) in [5.41, 5.74) is 4.59. The molecule has 6 nitrogen and oxygen atoms in total. The number of benzene rings is 1. The number of rotatable bonds is 5.